The third kappa shape index (κ3) is 2.85. The van der Waals surface area contributed by atoms with Crippen LogP contribution in [0.1, 0.15) is 36.9 Å². The predicted octanol–water partition coefficient (Wildman–Crippen LogP) is 2.83. The van der Waals surface area contributed by atoms with E-state index in [1.807, 2.05) is 6.07 Å². The van der Waals surface area contributed by atoms with Gasteiger partial charge in [0.15, 0.2) is 0 Å². The fourth-order valence-electron chi connectivity index (χ4n) is 2.62. The molecule has 0 radical (unpaired) electrons. The highest BCUT2D eigenvalue weighted by Gasteiger charge is 2.28. The molecular weight excluding hydrogens is 226 g/mol. The van der Waals surface area contributed by atoms with E-state index in [2.05, 4.69) is 31.3 Å². The van der Waals surface area contributed by atoms with Gasteiger partial charge in [-0.15, -0.1) is 0 Å². The van der Waals surface area contributed by atoms with Gasteiger partial charge in [-0.05, 0) is 32.4 Å². The number of benzene rings is 1. The molecule has 3 heteroatoms. The Morgan fingerprint density at radius 2 is 2.33 bits per heavy atom. The lowest BCUT2D eigenvalue weighted by molar-refractivity contribution is 0.0779. The van der Waals surface area contributed by atoms with Crippen molar-refractivity contribution in [3.05, 3.63) is 29.3 Å². The topological polar surface area (TPSA) is 30.5 Å². The number of likely N-dealkylation sites (N-methyl/N-ethyl adjacent to an activating group) is 1. The monoisotopic (exact) mass is 249 g/mol. The van der Waals surface area contributed by atoms with Crippen LogP contribution in [-0.2, 0) is 4.74 Å². The maximum atomic E-state index is 5.84. The lowest BCUT2D eigenvalue weighted by Crippen LogP contribution is -2.32. The largest absolute Gasteiger partial charge is 0.496 e. The average molecular weight is 249 g/mol. The van der Waals surface area contributed by atoms with Gasteiger partial charge < -0.3 is 14.8 Å². The molecule has 0 aliphatic carbocycles. The highest BCUT2D eigenvalue weighted by molar-refractivity contribution is 5.39. The van der Waals surface area contributed by atoms with E-state index in [9.17, 15) is 0 Å². The number of hydrogen-bond acceptors (Lipinski definition) is 3. The zero-order chi connectivity index (χ0) is 13.0. The van der Waals surface area contributed by atoms with Gasteiger partial charge in [0.25, 0.3) is 0 Å². The predicted molar refractivity (Wildman–Crippen MR) is 73.1 cm³/mol. The van der Waals surface area contributed by atoms with Crippen molar-refractivity contribution in [2.45, 2.75) is 38.8 Å². The van der Waals surface area contributed by atoms with Crippen LogP contribution >= 0.6 is 0 Å². The first-order chi connectivity index (χ1) is 8.76. The molecule has 0 bridgehead atoms. The van der Waals surface area contributed by atoms with Crippen LogP contribution in [0.4, 0.5) is 0 Å². The normalized spacial score (nSPS) is 20.9. The molecule has 1 aliphatic rings. The van der Waals surface area contributed by atoms with Crippen molar-refractivity contribution in [3.8, 4) is 5.75 Å². The number of rotatable bonds is 5. The van der Waals surface area contributed by atoms with E-state index in [1.165, 1.54) is 11.1 Å². The summed E-state index contributed by atoms with van der Waals surface area (Å²) in [5, 5.41) is 3.54. The minimum absolute atomic E-state index is 0.229. The van der Waals surface area contributed by atoms with Crippen LogP contribution in [0.2, 0.25) is 0 Å². The van der Waals surface area contributed by atoms with Gasteiger partial charge in [-0.2, -0.15) is 0 Å². The molecule has 0 amide bonds. The van der Waals surface area contributed by atoms with E-state index in [1.54, 1.807) is 7.11 Å². The highest BCUT2D eigenvalue weighted by Crippen LogP contribution is 2.33. The summed E-state index contributed by atoms with van der Waals surface area (Å²) in [6.45, 7) is 6.05. The molecule has 2 atom stereocenters. The molecule has 0 saturated carbocycles. The lowest BCUT2D eigenvalue weighted by Gasteiger charge is -2.26. The van der Waals surface area contributed by atoms with Crippen molar-refractivity contribution in [1.82, 2.24) is 5.32 Å². The summed E-state index contributed by atoms with van der Waals surface area (Å²) < 4.78 is 11.3. The Morgan fingerprint density at radius 3 is 2.94 bits per heavy atom. The van der Waals surface area contributed by atoms with Crippen molar-refractivity contribution in [3.63, 3.8) is 0 Å². The molecule has 1 saturated heterocycles. The van der Waals surface area contributed by atoms with Gasteiger partial charge in [-0.25, -0.2) is 0 Å². The summed E-state index contributed by atoms with van der Waals surface area (Å²) in [7, 11) is 1.73. The summed E-state index contributed by atoms with van der Waals surface area (Å²) >= 11 is 0. The summed E-state index contributed by atoms with van der Waals surface area (Å²) in [4.78, 5) is 0. The molecule has 0 aromatic heterocycles. The average Bonchev–Trinajstić information content (AvgIpc) is 2.89. The third-order valence-electron chi connectivity index (χ3n) is 3.48. The second-order valence-corrected chi connectivity index (χ2v) is 4.83. The van der Waals surface area contributed by atoms with Gasteiger partial charge in [0.1, 0.15) is 5.75 Å². The Labute approximate surface area is 109 Å². The first-order valence-electron chi connectivity index (χ1n) is 6.75. The Hall–Kier alpha value is -1.06. The second kappa shape index (κ2) is 6.21. The molecule has 1 aliphatic heterocycles. The van der Waals surface area contributed by atoms with E-state index in [-0.39, 0.29) is 12.1 Å². The maximum absolute atomic E-state index is 5.84. The molecule has 1 aromatic carbocycles. The van der Waals surface area contributed by atoms with Gasteiger partial charge in [-0.1, -0.05) is 24.6 Å². The van der Waals surface area contributed by atoms with Crippen molar-refractivity contribution in [1.29, 1.82) is 0 Å². The number of ether oxygens (including phenoxy) is 2. The number of aryl methyl sites for hydroxylation is 1. The standard InChI is InChI=1S/C15H23NO2/c1-4-16-15(14-6-5-9-18-14)12-10-11(2)7-8-13(12)17-3/h7-8,10,14-16H,4-6,9H2,1-3H3. The molecule has 3 nitrogen and oxygen atoms in total. The SMILES string of the molecule is CCNC(c1cc(C)ccc1OC)C1CCCO1. The van der Waals surface area contributed by atoms with Gasteiger partial charge >= 0.3 is 0 Å². The zero-order valence-corrected chi connectivity index (χ0v) is 11.5. The van der Waals surface area contributed by atoms with E-state index < -0.39 is 0 Å². The molecule has 2 rings (SSSR count). The Kier molecular flexibility index (Phi) is 4.61. The van der Waals surface area contributed by atoms with Crippen molar-refractivity contribution in [2.75, 3.05) is 20.3 Å². The zero-order valence-electron chi connectivity index (χ0n) is 11.5. The van der Waals surface area contributed by atoms with Gasteiger partial charge in [0, 0.05) is 12.2 Å². The van der Waals surface area contributed by atoms with Crippen molar-refractivity contribution in [2.24, 2.45) is 0 Å². The number of nitrogens with one attached hydrogen (secondary N) is 1. The second-order valence-electron chi connectivity index (χ2n) is 4.83. The molecular formula is C15H23NO2. The van der Waals surface area contributed by atoms with E-state index >= 15 is 0 Å². The quantitative estimate of drug-likeness (QED) is 0.870. The molecule has 2 unspecified atom stereocenters. The Balaban J connectivity index is 2.31. The fourth-order valence-corrected chi connectivity index (χ4v) is 2.62. The van der Waals surface area contributed by atoms with Crippen molar-refractivity contribution >= 4 is 0 Å². The lowest BCUT2D eigenvalue weighted by atomic mass is 9.96. The maximum Gasteiger partial charge on any atom is 0.123 e. The molecule has 1 aromatic rings. The Bertz CT molecular complexity index is 386. The smallest absolute Gasteiger partial charge is 0.123 e. The highest BCUT2D eigenvalue weighted by atomic mass is 16.5. The van der Waals surface area contributed by atoms with Crippen LogP contribution in [0.3, 0.4) is 0 Å². The molecule has 1 heterocycles. The van der Waals surface area contributed by atoms with Gasteiger partial charge in [0.05, 0.1) is 19.3 Å². The van der Waals surface area contributed by atoms with Gasteiger partial charge in [-0.3, -0.25) is 0 Å². The van der Waals surface area contributed by atoms with Crippen LogP contribution < -0.4 is 10.1 Å². The molecule has 0 spiro atoms. The molecule has 1 fully saturated rings. The van der Waals surface area contributed by atoms with E-state index in [4.69, 9.17) is 9.47 Å². The first-order valence-corrected chi connectivity index (χ1v) is 6.75. The summed E-state index contributed by atoms with van der Waals surface area (Å²) in [6, 6.07) is 6.56. The summed E-state index contributed by atoms with van der Waals surface area (Å²) in [6.07, 6.45) is 2.54. The third-order valence-corrected chi connectivity index (χ3v) is 3.48. The van der Waals surface area contributed by atoms with E-state index in [0.29, 0.717) is 0 Å². The Morgan fingerprint density at radius 1 is 1.50 bits per heavy atom. The summed E-state index contributed by atoms with van der Waals surface area (Å²) in [5.41, 5.74) is 2.47. The molecule has 18 heavy (non-hydrogen) atoms. The van der Waals surface area contributed by atoms with Crippen LogP contribution in [0.15, 0.2) is 18.2 Å². The van der Waals surface area contributed by atoms with Crippen LogP contribution in [0.25, 0.3) is 0 Å². The van der Waals surface area contributed by atoms with Gasteiger partial charge in [0.2, 0.25) is 0 Å². The van der Waals surface area contributed by atoms with Crippen LogP contribution in [0, 0.1) is 6.92 Å². The summed E-state index contributed by atoms with van der Waals surface area (Å²) in [5.74, 6) is 0.946. The van der Waals surface area contributed by atoms with E-state index in [0.717, 1.165) is 31.7 Å². The number of methoxy groups -OCH3 is 1. The molecule has 1 N–H and O–H groups in total. The van der Waals surface area contributed by atoms with Crippen molar-refractivity contribution < 1.29 is 9.47 Å². The molecule has 100 valence electrons. The number of hydrogen-bond donors (Lipinski definition) is 1. The fraction of sp³-hybridized carbons (Fsp3) is 0.600. The van der Waals surface area contributed by atoms with Crippen LogP contribution in [-0.4, -0.2) is 26.4 Å². The van der Waals surface area contributed by atoms with Crippen LogP contribution in [0.5, 0.6) is 5.75 Å². The minimum Gasteiger partial charge on any atom is -0.496 e. The minimum atomic E-state index is 0.229. The first kappa shape index (κ1) is 13.4.